The molecule has 1 aliphatic heterocycles. The summed E-state index contributed by atoms with van der Waals surface area (Å²) >= 11 is 6.26. The Bertz CT molecular complexity index is 458. The van der Waals surface area contributed by atoms with Gasteiger partial charge in [0.05, 0.1) is 17.3 Å². The molecule has 0 spiro atoms. The molecule has 0 saturated carbocycles. The summed E-state index contributed by atoms with van der Waals surface area (Å²) in [4.78, 5) is 4.45. The molecule has 1 aromatic rings. The van der Waals surface area contributed by atoms with E-state index in [2.05, 4.69) is 9.80 Å². The molecule has 0 aromatic heterocycles. The van der Waals surface area contributed by atoms with Gasteiger partial charge in [-0.1, -0.05) is 11.6 Å². The minimum atomic E-state index is 0.0289. The molecule has 5 nitrogen and oxygen atoms in total. The third-order valence-corrected chi connectivity index (χ3v) is 3.69. The van der Waals surface area contributed by atoms with Crippen molar-refractivity contribution in [2.75, 3.05) is 44.2 Å². The molecule has 4 N–H and O–H groups in total. The Morgan fingerprint density at radius 1 is 1.32 bits per heavy atom. The molecule has 0 radical (unpaired) electrons. The summed E-state index contributed by atoms with van der Waals surface area (Å²) in [6, 6.07) is 5.48. The SMILES string of the molecule is N=C(N)c1ccc(N2CCN(CCO)CC2)c(Cl)c1. The van der Waals surface area contributed by atoms with Crippen LogP contribution in [0.1, 0.15) is 5.56 Å². The quantitative estimate of drug-likeness (QED) is 0.562. The van der Waals surface area contributed by atoms with Crippen LogP contribution >= 0.6 is 11.6 Å². The van der Waals surface area contributed by atoms with Crippen LogP contribution in [0.5, 0.6) is 0 Å². The number of piperazine rings is 1. The normalized spacial score (nSPS) is 16.6. The zero-order valence-electron chi connectivity index (χ0n) is 10.8. The third-order valence-electron chi connectivity index (χ3n) is 3.39. The molecule has 1 aliphatic rings. The zero-order valence-corrected chi connectivity index (χ0v) is 11.5. The monoisotopic (exact) mass is 282 g/mol. The van der Waals surface area contributed by atoms with E-state index in [9.17, 15) is 0 Å². The van der Waals surface area contributed by atoms with Crippen molar-refractivity contribution in [2.24, 2.45) is 5.73 Å². The maximum atomic E-state index is 8.92. The number of halogens is 1. The van der Waals surface area contributed by atoms with E-state index in [0.29, 0.717) is 10.6 Å². The molecule has 1 fully saturated rings. The van der Waals surface area contributed by atoms with Gasteiger partial charge in [0.25, 0.3) is 0 Å². The minimum absolute atomic E-state index is 0.0289. The first kappa shape index (κ1) is 14.1. The van der Waals surface area contributed by atoms with E-state index >= 15 is 0 Å². The van der Waals surface area contributed by atoms with E-state index in [1.54, 1.807) is 6.07 Å². The molecule has 0 unspecified atom stereocenters. The molecule has 1 saturated heterocycles. The number of aliphatic hydroxyl groups excluding tert-OH is 1. The molecular weight excluding hydrogens is 264 g/mol. The summed E-state index contributed by atoms with van der Waals surface area (Å²) in [5, 5.41) is 16.9. The lowest BCUT2D eigenvalue weighted by Crippen LogP contribution is -2.47. The maximum absolute atomic E-state index is 8.92. The lowest BCUT2D eigenvalue weighted by Gasteiger charge is -2.36. The highest BCUT2D eigenvalue weighted by Crippen LogP contribution is 2.27. The van der Waals surface area contributed by atoms with Crippen LogP contribution in [-0.4, -0.2) is 55.2 Å². The van der Waals surface area contributed by atoms with Gasteiger partial charge in [0.1, 0.15) is 5.84 Å². The number of amidine groups is 1. The van der Waals surface area contributed by atoms with Crippen LogP contribution in [0.4, 0.5) is 5.69 Å². The second kappa shape index (κ2) is 6.23. The van der Waals surface area contributed by atoms with Gasteiger partial charge in [0.2, 0.25) is 0 Å². The first-order valence-corrected chi connectivity index (χ1v) is 6.71. The second-order valence-corrected chi connectivity index (χ2v) is 5.04. The number of hydrogen-bond donors (Lipinski definition) is 3. The van der Waals surface area contributed by atoms with Gasteiger partial charge >= 0.3 is 0 Å². The van der Waals surface area contributed by atoms with Gasteiger partial charge in [0.15, 0.2) is 0 Å². The number of rotatable bonds is 4. The molecule has 0 atom stereocenters. The van der Waals surface area contributed by atoms with Crippen LogP contribution in [0.25, 0.3) is 0 Å². The van der Waals surface area contributed by atoms with Crippen molar-refractivity contribution in [1.82, 2.24) is 4.90 Å². The molecule has 2 rings (SSSR count). The van der Waals surface area contributed by atoms with Crippen molar-refractivity contribution in [3.05, 3.63) is 28.8 Å². The van der Waals surface area contributed by atoms with Crippen LogP contribution in [0, 0.1) is 5.41 Å². The highest BCUT2D eigenvalue weighted by molar-refractivity contribution is 6.33. The Morgan fingerprint density at radius 2 is 2.00 bits per heavy atom. The number of nitrogens with one attached hydrogen (secondary N) is 1. The lowest BCUT2D eigenvalue weighted by atomic mass is 10.1. The van der Waals surface area contributed by atoms with Crippen LogP contribution < -0.4 is 10.6 Å². The van der Waals surface area contributed by atoms with Crippen molar-refractivity contribution >= 4 is 23.1 Å². The van der Waals surface area contributed by atoms with Gasteiger partial charge < -0.3 is 15.7 Å². The first-order chi connectivity index (χ1) is 9.11. The van der Waals surface area contributed by atoms with Crippen LogP contribution in [0.15, 0.2) is 18.2 Å². The summed E-state index contributed by atoms with van der Waals surface area (Å²) in [6.45, 7) is 4.55. The van der Waals surface area contributed by atoms with E-state index in [-0.39, 0.29) is 12.4 Å². The van der Waals surface area contributed by atoms with E-state index in [1.165, 1.54) is 0 Å². The number of aliphatic hydroxyl groups is 1. The van der Waals surface area contributed by atoms with Crippen molar-refractivity contribution < 1.29 is 5.11 Å². The third kappa shape index (κ3) is 3.37. The Hall–Kier alpha value is -1.30. The van der Waals surface area contributed by atoms with Gasteiger partial charge in [-0.3, -0.25) is 10.3 Å². The fourth-order valence-electron chi connectivity index (χ4n) is 2.28. The summed E-state index contributed by atoms with van der Waals surface area (Å²) in [5.41, 5.74) is 7.07. The van der Waals surface area contributed by atoms with Crippen molar-refractivity contribution in [3.63, 3.8) is 0 Å². The predicted octanol–water partition coefficient (Wildman–Crippen LogP) is 0.738. The molecule has 0 aliphatic carbocycles. The van der Waals surface area contributed by atoms with Crippen molar-refractivity contribution in [1.29, 1.82) is 5.41 Å². The van der Waals surface area contributed by atoms with E-state index in [4.69, 9.17) is 27.9 Å². The van der Waals surface area contributed by atoms with E-state index < -0.39 is 0 Å². The number of benzene rings is 1. The highest BCUT2D eigenvalue weighted by Gasteiger charge is 2.18. The molecule has 104 valence electrons. The van der Waals surface area contributed by atoms with Crippen LogP contribution in [0.2, 0.25) is 5.02 Å². The highest BCUT2D eigenvalue weighted by atomic mass is 35.5. The number of nitrogen functional groups attached to an aromatic ring is 1. The van der Waals surface area contributed by atoms with Crippen LogP contribution in [0.3, 0.4) is 0 Å². The predicted molar refractivity (Wildman–Crippen MR) is 78.2 cm³/mol. The number of nitrogens with zero attached hydrogens (tertiary/aromatic N) is 2. The van der Waals surface area contributed by atoms with E-state index in [1.807, 2.05) is 12.1 Å². The molecule has 1 aromatic carbocycles. The number of nitrogens with two attached hydrogens (primary N) is 1. The fourth-order valence-corrected chi connectivity index (χ4v) is 2.58. The summed E-state index contributed by atoms with van der Waals surface area (Å²) < 4.78 is 0. The lowest BCUT2D eigenvalue weighted by molar-refractivity contribution is 0.189. The Labute approximate surface area is 118 Å². The Balaban J connectivity index is 2.05. The topological polar surface area (TPSA) is 76.6 Å². The van der Waals surface area contributed by atoms with Gasteiger partial charge in [-0.15, -0.1) is 0 Å². The van der Waals surface area contributed by atoms with Crippen molar-refractivity contribution in [2.45, 2.75) is 0 Å². The largest absolute Gasteiger partial charge is 0.395 e. The number of hydrogen-bond acceptors (Lipinski definition) is 4. The zero-order chi connectivity index (χ0) is 13.8. The van der Waals surface area contributed by atoms with Crippen molar-refractivity contribution in [3.8, 4) is 0 Å². The standard InChI is InChI=1S/C13H19ClN4O/c14-11-9-10(13(15)16)1-2-12(11)18-5-3-17(4-6-18)7-8-19/h1-2,9,19H,3-8H2,(H3,15,16). The van der Waals surface area contributed by atoms with Gasteiger partial charge in [-0.05, 0) is 18.2 Å². The number of anilines is 1. The summed E-state index contributed by atoms with van der Waals surface area (Å²) in [5.74, 6) is 0.0289. The molecule has 19 heavy (non-hydrogen) atoms. The molecular formula is C13H19ClN4O. The minimum Gasteiger partial charge on any atom is -0.395 e. The van der Waals surface area contributed by atoms with Crippen LogP contribution in [-0.2, 0) is 0 Å². The molecule has 1 heterocycles. The summed E-state index contributed by atoms with van der Waals surface area (Å²) in [6.07, 6.45) is 0. The average Bonchev–Trinajstić information content (AvgIpc) is 2.40. The number of β-amino-alcohol motifs (C(OH)–C–C–N with tert-alkyl or cyclic N) is 1. The maximum Gasteiger partial charge on any atom is 0.122 e. The van der Waals surface area contributed by atoms with Gasteiger partial charge in [-0.2, -0.15) is 0 Å². The fraction of sp³-hybridized carbons (Fsp3) is 0.462. The van der Waals surface area contributed by atoms with Gasteiger partial charge in [-0.25, -0.2) is 0 Å². The molecule has 6 heteroatoms. The second-order valence-electron chi connectivity index (χ2n) is 4.63. The Morgan fingerprint density at radius 3 is 2.53 bits per heavy atom. The van der Waals surface area contributed by atoms with E-state index in [0.717, 1.165) is 38.4 Å². The first-order valence-electron chi connectivity index (χ1n) is 6.34. The summed E-state index contributed by atoms with van der Waals surface area (Å²) in [7, 11) is 0. The molecule has 0 amide bonds. The smallest absolute Gasteiger partial charge is 0.122 e. The van der Waals surface area contributed by atoms with Gasteiger partial charge in [0, 0.05) is 38.3 Å². The Kier molecular flexibility index (Phi) is 4.63. The molecule has 0 bridgehead atoms. The average molecular weight is 283 g/mol.